The van der Waals surface area contributed by atoms with E-state index in [1.165, 1.54) is 0 Å². The number of hydrogen-bond acceptors (Lipinski definition) is 4. The van der Waals surface area contributed by atoms with Gasteiger partial charge >= 0.3 is 0 Å². The van der Waals surface area contributed by atoms with E-state index in [1.54, 1.807) is 0 Å². The normalized spacial score (nSPS) is 18.2. The Bertz CT molecular complexity index is 470. The van der Waals surface area contributed by atoms with Crippen molar-refractivity contribution in [3.63, 3.8) is 0 Å². The Morgan fingerprint density at radius 1 is 1.29 bits per heavy atom. The zero-order chi connectivity index (χ0) is 15.2. The Hall–Kier alpha value is -1.59. The summed E-state index contributed by atoms with van der Waals surface area (Å²) < 4.78 is 5.54. The topological polar surface area (TPSA) is 44.8 Å². The van der Waals surface area contributed by atoms with E-state index in [2.05, 4.69) is 22.2 Å². The Morgan fingerprint density at radius 2 is 1.95 bits per heavy atom. The summed E-state index contributed by atoms with van der Waals surface area (Å²) in [5.41, 5.74) is 0.741. The zero-order valence-electron chi connectivity index (χ0n) is 13.1. The van der Waals surface area contributed by atoms with Crippen molar-refractivity contribution in [1.29, 1.82) is 0 Å². The molecule has 1 aromatic rings. The number of piperazine rings is 1. The van der Waals surface area contributed by atoms with Crippen LogP contribution in [0.3, 0.4) is 0 Å². The van der Waals surface area contributed by atoms with E-state index >= 15 is 0 Å². The lowest BCUT2D eigenvalue weighted by atomic mass is 10.2. The number of hydrogen-bond donors (Lipinski definition) is 1. The Kier molecular flexibility index (Phi) is 5.59. The summed E-state index contributed by atoms with van der Waals surface area (Å²) in [6.07, 6.45) is 0. The number of benzene rings is 1. The summed E-state index contributed by atoms with van der Waals surface area (Å²) in [7, 11) is 2.11. The summed E-state index contributed by atoms with van der Waals surface area (Å²) in [6.45, 7) is 8.35. The number of carbonyl (C=O) groups is 1. The first-order valence-electron chi connectivity index (χ1n) is 7.57. The van der Waals surface area contributed by atoms with Gasteiger partial charge in [-0.05, 0) is 33.0 Å². The quantitative estimate of drug-likeness (QED) is 0.896. The molecule has 116 valence electrons. The summed E-state index contributed by atoms with van der Waals surface area (Å²) in [6, 6.07) is 7.43. The van der Waals surface area contributed by atoms with Crippen molar-refractivity contribution in [2.45, 2.75) is 19.9 Å². The SMILES string of the molecule is CCOc1ccccc1NC(=O)[C@@H](C)N1CCN(C)CC1. The van der Waals surface area contributed by atoms with Gasteiger partial charge in [0.1, 0.15) is 5.75 Å². The minimum Gasteiger partial charge on any atom is -0.492 e. The van der Waals surface area contributed by atoms with E-state index in [1.807, 2.05) is 38.1 Å². The van der Waals surface area contributed by atoms with E-state index < -0.39 is 0 Å². The predicted octanol–water partition coefficient (Wildman–Crippen LogP) is 1.66. The van der Waals surface area contributed by atoms with Crippen LogP contribution in [0.1, 0.15) is 13.8 Å². The average molecular weight is 291 g/mol. The third-order valence-electron chi connectivity index (χ3n) is 3.91. The second-order valence-electron chi connectivity index (χ2n) is 5.43. The van der Waals surface area contributed by atoms with Gasteiger partial charge in [0, 0.05) is 26.2 Å². The predicted molar refractivity (Wildman–Crippen MR) is 84.8 cm³/mol. The number of carbonyl (C=O) groups excluding carboxylic acids is 1. The molecule has 1 heterocycles. The summed E-state index contributed by atoms with van der Waals surface area (Å²) in [4.78, 5) is 16.9. The van der Waals surface area contributed by atoms with E-state index in [9.17, 15) is 4.79 Å². The van der Waals surface area contributed by atoms with Gasteiger partial charge < -0.3 is 15.0 Å². The monoisotopic (exact) mass is 291 g/mol. The molecule has 0 spiro atoms. The first kappa shape index (κ1) is 15.8. The van der Waals surface area contributed by atoms with Gasteiger partial charge in [0.15, 0.2) is 0 Å². The highest BCUT2D eigenvalue weighted by atomic mass is 16.5. The molecule has 1 amide bonds. The molecule has 1 atom stereocenters. The van der Waals surface area contributed by atoms with Crippen LogP contribution in [-0.4, -0.2) is 61.6 Å². The van der Waals surface area contributed by atoms with E-state index in [0.717, 1.165) is 37.6 Å². The van der Waals surface area contributed by atoms with Crippen molar-refractivity contribution in [2.24, 2.45) is 0 Å². The van der Waals surface area contributed by atoms with E-state index in [4.69, 9.17) is 4.74 Å². The standard InChI is InChI=1S/C16H25N3O2/c1-4-21-15-8-6-5-7-14(15)17-16(20)13(2)19-11-9-18(3)10-12-19/h5-8,13H,4,9-12H2,1-3H3,(H,17,20)/t13-/m1/s1. The summed E-state index contributed by atoms with van der Waals surface area (Å²) >= 11 is 0. The molecule has 1 aliphatic rings. The van der Waals surface area contributed by atoms with Crippen LogP contribution in [0.5, 0.6) is 5.75 Å². The maximum absolute atomic E-state index is 12.4. The Balaban J connectivity index is 1.97. The van der Waals surface area contributed by atoms with Crippen LogP contribution >= 0.6 is 0 Å². The molecule has 1 saturated heterocycles. The van der Waals surface area contributed by atoms with Gasteiger partial charge in [-0.2, -0.15) is 0 Å². The van der Waals surface area contributed by atoms with Crippen LogP contribution in [0.15, 0.2) is 24.3 Å². The van der Waals surface area contributed by atoms with Crippen molar-refractivity contribution < 1.29 is 9.53 Å². The molecule has 1 aromatic carbocycles. The molecule has 1 N–H and O–H groups in total. The van der Waals surface area contributed by atoms with Crippen LogP contribution in [-0.2, 0) is 4.79 Å². The third kappa shape index (κ3) is 4.19. The highest BCUT2D eigenvalue weighted by Crippen LogP contribution is 2.24. The molecule has 1 aliphatic heterocycles. The van der Waals surface area contributed by atoms with Crippen LogP contribution < -0.4 is 10.1 Å². The Morgan fingerprint density at radius 3 is 2.62 bits per heavy atom. The minimum absolute atomic E-state index is 0.0201. The molecule has 2 rings (SSSR count). The second-order valence-corrected chi connectivity index (χ2v) is 5.43. The molecule has 0 bridgehead atoms. The van der Waals surface area contributed by atoms with Crippen molar-refractivity contribution in [3.8, 4) is 5.75 Å². The highest BCUT2D eigenvalue weighted by molar-refractivity contribution is 5.95. The van der Waals surface area contributed by atoms with Gasteiger partial charge in [-0.1, -0.05) is 12.1 Å². The fourth-order valence-electron chi connectivity index (χ4n) is 2.46. The van der Waals surface area contributed by atoms with Gasteiger partial charge in [-0.25, -0.2) is 0 Å². The molecule has 1 fully saturated rings. The zero-order valence-corrected chi connectivity index (χ0v) is 13.1. The third-order valence-corrected chi connectivity index (χ3v) is 3.91. The lowest BCUT2D eigenvalue weighted by Gasteiger charge is -2.35. The molecule has 0 radical (unpaired) electrons. The van der Waals surface area contributed by atoms with Gasteiger partial charge in [-0.15, -0.1) is 0 Å². The molecular formula is C16H25N3O2. The van der Waals surface area contributed by atoms with Crippen LogP contribution in [0, 0.1) is 0 Å². The van der Waals surface area contributed by atoms with Gasteiger partial charge in [0.05, 0.1) is 18.3 Å². The number of nitrogens with zero attached hydrogens (tertiary/aromatic N) is 2. The fourth-order valence-corrected chi connectivity index (χ4v) is 2.46. The van der Waals surface area contributed by atoms with Crippen molar-refractivity contribution in [3.05, 3.63) is 24.3 Å². The van der Waals surface area contributed by atoms with Crippen LogP contribution in [0.4, 0.5) is 5.69 Å². The van der Waals surface area contributed by atoms with Crippen molar-refractivity contribution >= 4 is 11.6 Å². The number of nitrogens with one attached hydrogen (secondary N) is 1. The minimum atomic E-state index is -0.131. The lowest BCUT2D eigenvalue weighted by Crippen LogP contribution is -2.51. The molecule has 0 unspecified atom stereocenters. The molecule has 0 saturated carbocycles. The number of amides is 1. The fraction of sp³-hybridized carbons (Fsp3) is 0.562. The lowest BCUT2D eigenvalue weighted by molar-refractivity contribution is -0.121. The largest absolute Gasteiger partial charge is 0.492 e. The summed E-state index contributed by atoms with van der Waals surface area (Å²) in [5, 5.41) is 2.98. The number of para-hydroxylation sites is 2. The second kappa shape index (κ2) is 7.43. The maximum atomic E-state index is 12.4. The molecular weight excluding hydrogens is 266 g/mol. The van der Waals surface area contributed by atoms with E-state index in [0.29, 0.717) is 6.61 Å². The maximum Gasteiger partial charge on any atom is 0.241 e. The van der Waals surface area contributed by atoms with E-state index in [-0.39, 0.29) is 11.9 Å². The number of likely N-dealkylation sites (N-methyl/N-ethyl adjacent to an activating group) is 1. The molecule has 0 aromatic heterocycles. The smallest absolute Gasteiger partial charge is 0.241 e. The van der Waals surface area contributed by atoms with Gasteiger partial charge in [-0.3, -0.25) is 9.69 Å². The van der Waals surface area contributed by atoms with Crippen LogP contribution in [0.25, 0.3) is 0 Å². The molecule has 5 nitrogen and oxygen atoms in total. The molecule has 21 heavy (non-hydrogen) atoms. The van der Waals surface area contributed by atoms with Crippen molar-refractivity contribution in [1.82, 2.24) is 9.80 Å². The molecule has 0 aliphatic carbocycles. The van der Waals surface area contributed by atoms with Crippen molar-refractivity contribution in [2.75, 3.05) is 45.2 Å². The Labute approximate surface area is 126 Å². The highest BCUT2D eigenvalue weighted by Gasteiger charge is 2.24. The number of rotatable bonds is 5. The average Bonchev–Trinajstić information content (AvgIpc) is 2.49. The number of anilines is 1. The molecule has 5 heteroatoms. The van der Waals surface area contributed by atoms with Gasteiger partial charge in [0.2, 0.25) is 5.91 Å². The van der Waals surface area contributed by atoms with Gasteiger partial charge in [0.25, 0.3) is 0 Å². The van der Waals surface area contributed by atoms with Crippen LogP contribution in [0.2, 0.25) is 0 Å². The summed E-state index contributed by atoms with van der Waals surface area (Å²) in [5.74, 6) is 0.741. The first-order valence-corrected chi connectivity index (χ1v) is 7.57. The number of ether oxygens (including phenoxy) is 1. The first-order chi connectivity index (χ1) is 10.1.